The molecule has 3 aromatic rings. The number of hydrogen-bond donors (Lipinski definition) is 2. The number of H-pyrrole nitrogens is 1. The lowest BCUT2D eigenvalue weighted by molar-refractivity contribution is 0.0732. The SMILES string of the molecule is CCOc1cccc(C(=O)N2CCc3c(C(=O)NC4CCc5ccccc54)n[nH]c3C2)c1. The van der Waals surface area contributed by atoms with Gasteiger partial charge in [0, 0.05) is 17.7 Å². The highest BCUT2D eigenvalue weighted by atomic mass is 16.5. The van der Waals surface area contributed by atoms with Crippen molar-refractivity contribution in [2.75, 3.05) is 13.2 Å². The number of aromatic amines is 1. The Bertz CT molecular complexity index is 1170. The fraction of sp³-hybridized carbons (Fsp3) is 0.320. The summed E-state index contributed by atoms with van der Waals surface area (Å²) in [5.41, 5.74) is 5.25. The van der Waals surface area contributed by atoms with Crippen LogP contribution in [0.2, 0.25) is 0 Å². The Labute approximate surface area is 186 Å². The first-order valence-electron chi connectivity index (χ1n) is 11.1. The van der Waals surface area contributed by atoms with Gasteiger partial charge in [0.15, 0.2) is 5.69 Å². The summed E-state index contributed by atoms with van der Waals surface area (Å²) >= 11 is 0. The summed E-state index contributed by atoms with van der Waals surface area (Å²) in [6.07, 6.45) is 2.47. The van der Waals surface area contributed by atoms with Crippen molar-refractivity contribution in [3.05, 3.63) is 82.2 Å². The number of benzene rings is 2. The molecule has 0 fully saturated rings. The molecule has 1 unspecified atom stereocenters. The molecule has 2 aliphatic rings. The van der Waals surface area contributed by atoms with Gasteiger partial charge in [0.05, 0.1) is 24.9 Å². The van der Waals surface area contributed by atoms with Gasteiger partial charge >= 0.3 is 0 Å². The van der Waals surface area contributed by atoms with Crippen molar-refractivity contribution in [3.8, 4) is 5.75 Å². The molecule has 0 saturated carbocycles. The molecule has 5 rings (SSSR count). The van der Waals surface area contributed by atoms with Crippen LogP contribution in [0.15, 0.2) is 48.5 Å². The molecular formula is C25H26N4O3. The number of amides is 2. The van der Waals surface area contributed by atoms with Crippen LogP contribution in [-0.4, -0.2) is 40.1 Å². The van der Waals surface area contributed by atoms with Gasteiger partial charge in [-0.25, -0.2) is 0 Å². The van der Waals surface area contributed by atoms with E-state index in [-0.39, 0.29) is 17.9 Å². The van der Waals surface area contributed by atoms with Crippen LogP contribution < -0.4 is 10.1 Å². The number of aromatic nitrogens is 2. The van der Waals surface area contributed by atoms with Gasteiger partial charge in [0.2, 0.25) is 0 Å². The molecule has 0 saturated heterocycles. The number of hydrogen-bond acceptors (Lipinski definition) is 4. The molecular weight excluding hydrogens is 404 g/mol. The number of fused-ring (bicyclic) bond motifs is 2. The molecule has 0 spiro atoms. The number of nitrogens with zero attached hydrogens (tertiary/aromatic N) is 2. The Morgan fingerprint density at radius 3 is 2.94 bits per heavy atom. The third-order valence-corrected chi connectivity index (χ3v) is 6.27. The molecule has 0 bridgehead atoms. The first kappa shape index (κ1) is 20.3. The molecule has 2 N–H and O–H groups in total. The largest absolute Gasteiger partial charge is 0.494 e. The van der Waals surface area contributed by atoms with Crippen LogP contribution >= 0.6 is 0 Å². The van der Waals surface area contributed by atoms with Crippen LogP contribution in [0.4, 0.5) is 0 Å². The normalized spacial score (nSPS) is 16.9. The number of carbonyl (C=O) groups excluding carboxylic acids is 2. The van der Waals surface area contributed by atoms with E-state index in [1.54, 1.807) is 17.0 Å². The molecule has 2 aromatic carbocycles. The van der Waals surface area contributed by atoms with Crippen molar-refractivity contribution in [2.45, 2.75) is 38.8 Å². The Morgan fingerprint density at radius 2 is 2.06 bits per heavy atom. The van der Waals surface area contributed by atoms with E-state index in [0.29, 0.717) is 43.1 Å². The van der Waals surface area contributed by atoms with Crippen molar-refractivity contribution in [1.29, 1.82) is 0 Å². The van der Waals surface area contributed by atoms with Gasteiger partial charge in [0.25, 0.3) is 11.8 Å². The second kappa shape index (κ2) is 8.49. The van der Waals surface area contributed by atoms with Crippen LogP contribution in [-0.2, 0) is 19.4 Å². The highest BCUT2D eigenvalue weighted by molar-refractivity contribution is 5.96. The summed E-state index contributed by atoms with van der Waals surface area (Å²) in [7, 11) is 0. The fourth-order valence-electron chi connectivity index (χ4n) is 4.68. The van der Waals surface area contributed by atoms with E-state index < -0.39 is 0 Å². The third-order valence-electron chi connectivity index (χ3n) is 6.27. The third kappa shape index (κ3) is 3.75. The smallest absolute Gasteiger partial charge is 0.272 e. The van der Waals surface area contributed by atoms with Gasteiger partial charge < -0.3 is 15.0 Å². The minimum Gasteiger partial charge on any atom is -0.494 e. The fourth-order valence-corrected chi connectivity index (χ4v) is 4.68. The molecule has 32 heavy (non-hydrogen) atoms. The molecule has 2 heterocycles. The zero-order chi connectivity index (χ0) is 22.1. The molecule has 7 nitrogen and oxygen atoms in total. The van der Waals surface area contributed by atoms with Gasteiger partial charge in [-0.05, 0) is 55.5 Å². The number of ether oxygens (including phenoxy) is 1. The summed E-state index contributed by atoms with van der Waals surface area (Å²) in [5, 5.41) is 10.4. The molecule has 7 heteroatoms. The summed E-state index contributed by atoms with van der Waals surface area (Å²) in [6, 6.07) is 15.5. The van der Waals surface area contributed by atoms with Crippen molar-refractivity contribution < 1.29 is 14.3 Å². The van der Waals surface area contributed by atoms with Crippen LogP contribution in [0.3, 0.4) is 0 Å². The van der Waals surface area contributed by atoms with Crippen molar-refractivity contribution in [1.82, 2.24) is 20.4 Å². The maximum atomic E-state index is 13.0. The van der Waals surface area contributed by atoms with Gasteiger partial charge in [-0.2, -0.15) is 5.10 Å². The van der Waals surface area contributed by atoms with Gasteiger partial charge in [-0.1, -0.05) is 30.3 Å². The first-order chi connectivity index (χ1) is 15.6. The lowest BCUT2D eigenvalue weighted by atomic mass is 10.0. The van der Waals surface area contributed by atoms with Crippen LogP contribution in [0.25, 0.3) is 0 Å². The van der Waals surface area contributed by atoms with E-state index in [4.69, 9.17) is 4.74 Å². The standard InChI is InChI=1S/C25H26N4O3/c1-2-32-18-8-5-7-17(14-18)25(31)29-13-12-20-22(15-29)27-28-23(20)24(30)26-21-11-10-16-6-3-4-9-19(16)21/h3-9,14,21H,2,10-13,15H2,1H3,(H,26,30)(H,27,28). The maximum Gasteiger partial charge on any atom is 0.272 e. The lowest BCUT2D eigenvalue weighted by Crippen LogP contribution is -2.36. The summed E-state index contributed by atoms with van der Waals surface area (Å²) < 4.78 is 5.52. The molecule has 1 atom stereocenters. The maximum absolute atomic E-state index is 13.0. The Morgan fingerprint density at radius 1 is 1.19 bits per heavy atom. The van der Waals surface area contributed by atoms with Crippen LogP contribution in [0.5, 0.6) is 5.75 Å². The number of rotatable bonds is 5. The summed E-state index contributed by atoms with van der Waals surface area (Å²) in [5.74, 6) is 0.471. The Balaban J connectivity index is 1.28. The van der Waals surface area contributed by atoms with E-state index in [0.717, 1.165) is 24.1 Å². The highest BCUT2D eigenvalue weighted by Gasteiger charge is 2.30. The Kier molecular flexibility index (Phi) is 5.39. The lowest BCUT2D eigenvalue weighted by Gasteiger charge is -2.27. The minimum absolute atomic E-state index is 0.0188. The minimum atomic E-state index is -0.159. The molecule has 1 aliphatic heterocycles. The number of aryl methyl sites for hydroxylation is 1. The summed E-state index contributed by atoms with van der Waals surface area (Å²) in [4.78, 5) is 27.8. The first-order valence-corrected chi connectivity index (χ1v) is 11.1. The second-order valence-corrected chi connectivity index (χ2v) is 8.23. The predicted molar refractivity (Wildman–Crippen MR) is 120 cm³/mol. The Hall–Kier alpha value is -3.61. The highest BCUT2D eigenvalue weighted by Crippen LogP contribution is 2.31. The second-order valence-electron chi connectivity index (χ2n) is 8.23. The van der Waals surface area contributed by atoms with E-state index in [1.807, 2.05) is 31.2 Å². The number of nitrogens with one attached hydrogen (secondary N) is 2. The van der Waals surface area contributed by atoms with E-state index in [1.165, 1.54) is 11.1 Å². The number of carbonyl (C=O) groups is 2. The van der Waals surface area contributed by atoms with Gasteiger partial charge in [-0.15, -0.1) is 0 Å². The zero-order valence-electron chi connectivity index (χ0n) is 18.1. The van der Waals surface area contributed by atoms with E-state index in [2.05, 4.69) is 27.6 Å². The van der Waals surface area contributed by atoms with E-state index in [9.17, 15) is 9.59 Å². The average molecular weight is 431 g/mol. The topological polar surface area (TPSA) is 87.3 Å². The molecule has 1 aliphatic carbocycles. The predicted octanol–water partition coefficient (Wildman–Crippen LogP) is 3.42. The quantitative estimate of drug-likeness (QED) is 0.649. The van der Waals surface area contributed by atoms with Crippen LogP contribution in [0, 0.1) is 0 Å². The summed E-state index contributed by atoms with van der Waals surface area (Å²) in [6.45, 7) is 3.41. The average Bonchev–Trinajstić information content (AvgIpc) is 3.43. The molecule has 0 radical (unpaired) electrons. The van der Waals surface area contributed by atoms with Gasteiger partial charge in [-0.3, -0.25) is 14.7 Å². The van der Waals surface area contributed by atoms with Gasteiger partial charge in [0.1, 0.15) is 5.75 Å². The van der Waals surface area contributed by atoms with Crippen molar-refractivity contribution in [2.24, 2.45) is 0 Å². The van der Waals surface area contributed by atoms with Crippen molar-refractivity contribution in [3.63, 3.8) is 0 Å². The monoisotopic (exact) mass is 430 g/mol. The zero-order valence-corrected chi connectivity index (χ0v) is 18.1. The van der Waals surface area contributed by atoms with Crippen LogP contribution in [0.1, 0.15) is 62.6 Å². The molecule has 1 aromatic heterocycles. The van der Waals surface area contributed by atoms with Crippen molar-refractivity contribution >= 4 is 11.8 Å². The molecule has 2 amide bonds. The molecule has 164 valence electrons. The van der Waals surface area contributed by atoms with E-state index >= 15 is 0 Å².